The molecule has 0 spiro atoms. The van der Waals surface area contributed by atoms with Gasteiger partial charge in [0.2, 0.25) is 0 Å². The minimum absolute atomic E-state index is 0.0202. The zero-order chi connectivity index (χ0) is 56.7. The van der Waals surface area contributed by atoms with Crippen molar-refractivity contribution < 1.29 is 47.0 Å². The summed E-state index contributed by atoms with van der Waals surface area (Å²) < 4.78 is 55.2. The van der Waals surface area contributed by atoms with E-state index in [1.165, 1.54) is 24.0 Å². The predicted octanol–water partition coefficient (Wildman–Crippen LogP) is 10.6. The third-order valence-electron chi connectivity index (χ3n) is 16.3. The van der Waals surface area contributed by atoms with Gasteiger partial charge in [-0.25, -0.2) is 9.78 Å². The lowest BCUT2D eigenvalue weighted by atomic mass is 9.80. The third-order valence-corrected chi connectivity index (χ3v) is 25.3. The van der Waals surface area contributed by atoms with Crippen molar-refractivity contribution in [2.45, 2.75) is 154 Å². The molecule has 2 fully saturated rings. The van der Waals surface area contributed by atoms with Crippen molar-refractivity contribution in [3.63, 3.8) is 0 Å². The van der Waals surface area contributed by atoms with Crippen molar-refractivity contribution in [1.82, 2.24) is 18.7 Å². The van der Waals surface area contributed by atoms with Crippen LogP contribution in [0.2, 0.25) is 36.3 Å². The summed E-state index contributed by atoms with van der Waals surface area (Å²) >= 11 is 0. The largest absolute Gasteiger partial charge is 0.497 e. The fraction of sp³-hybridized carbons (Fsp3) is 0.483. The minimum Gasteiger partial charge on any atom is -0.497 e. The average molecular weight is 1110 g/mol. The second-order valence-corrected chi connectivity index (χ2v) is 33.0. The number of benzene rings is 4. The fourth-order valence-corrected chi connectivity index (χ4v) is 12.2. The van der Waals surface area contributed by atoms with Crippen LogP contribution in [0.5, 0.6) is 11.5 Å². The second kappa shape index (κ2) is 22.5. The van der Waals surface area contributed by atoms with E-state index in [4.69, 9.17) is 37.3 Å². The molecule has 6 aromatic rings. The average Bonchev–Trinajstić information content (AvgIpc) is 4.21. The summed E-state index contributed by atoms with van der Waals surface area (Å²) in [5.41, 5.74) is 0.0798. The number of hydrogen-bond acceptors (Lipinski definition) is 14. The van der Waals surface area contributed by atoms with E-state index < -0.39 is 81.7 Å². The molecule has 78 heavy (non-hydrogen) atoms. The van der Waals surface area contributed by atoms with Gasteiger partial charge < -0.3 is 41.8 Å². The highest BCUT2D eigenvalue weighted by Crippen LogP contribution is 2.46. The summed E-state index contributed by atoms with van der Waals surface area (Å²) in [5, 5.41) is 13.1. The number of rotatable bonds is 19. The van der Waals surface area contributed by atoms with E-state index in [1.807, 2.05) is 78.9 Å². The van der Waals surface area contributed by atoms with Crippen LogP contribution in [0.3, 0.4) is 0 Å². The van der Waals surface area contributed by atoms with E-state index in [2.05, 4.69) is 72.7 Å². The molecule has 0 unspecified atom stereocenters. The molecule has 20 heteroatoms. The number of ether oxygens (including phenoxy) is 6. The van der Waals surface area contributed by atoms with Crippen molar-refractivity contribution >= 4 is 39.3 Å². The van der Waals surface area contributed by atoms with Crippen LogP contribution in [0.15, 0.2) is 113 Å². The van der Waals surface area contributed by atoms with Gasteiger partial charge in [-0.1, -0.05) is 96.1 Å². The molecule has 2 aliphatic rings. The number of hydrogen-bond donors (Lipinski definition) is 0. The Bertz CT molecular complexity index is 3190. The van der Waals surface area contributed by atoms with Crippen LogP contribution < -0.4 is 20.7 Å². The molecule has 2 aliphatic heterocycles. The smallest absolute Gasteiger partial charge is 0.333 e. The molecule has 418 valence electrons. The van der Waals surface area contributed by atoms with E-state index in [9.17, 15) is 24.5 Å². The van der Waals surface area contributed by atoms with Gasteiger partial charge in [0.1, 0.15) is 47.9 Å². The predicted molar refractivity (Wildman–Crippen MR) is 301 cm³/mol. The molecule has 6 atom stereocenters. The molecule has 2 aromatic heterocycles. The third kappa shape index (κ3) is 11.6. The Morgan fingerprint density at radius 1 is 0.744 bits per heavy atom. The number of nitrogens with zero attached hydrogens (tertiary/aromatic N) is 5. The molecule has 18 nitrogen and oxygen atoms in total. The van der Waals surface area contributed by atoms with E-state index in [0.29, 0.717) is 30.0 Å². The van der Waals surface area contributed by atoms with E-state index in [0.717, 1.165) is 21.3 Å². The molecule has 0 saturated carbocycles. The van der Waals surface area contributed by atoms with Crippen molar-refractivity contribution in [3.8, 4) is 11.5 Å². The van der Waals surface area contributed by atoms with Crippen molar-refractivity contribution in [2.75, 3.05) is 27.4 Å². The fourth-order valence-electron chi connectivity index (χ4n) is 9.81. The van der Waals surface area contributed by atoms with Gasteiger partial charge in [-0.15, -0.1) is 0 Å². The van der Waals surface area contributed by atoms with Gasteiger partial charge >= 0.3 is 17.3 Å². The van der Waals surface area contributed by atoms with Gasteiger partial charge in [0, 0.05) is 31.5 Å². The summed E-state index contributed by atoms with van der Waals surface area (Å²) in [6, 6.07) is 28.0. The monoisotopic (exact) mass is 1110 g/mol. The molecule has 0 N–H and O–H groups in total. The first-order chi connectivity index (χ1) is 36.7. The molecule has 0 bridgehead atoms. The van der Waals surface area contributed by atoms with Gasteiger partial charge in [-0.2, -0.15) is 0 Å². The molecule has 8 rings (SSSR count). The Morgan fingerprint density at radius 2 is 1.28 bits per heavy atom. The van der Waals surface area contributed by atoms with Crippen LogP contribution in [-0.2, 0) is 44.7 Å². The number of methoxy groups -OCH3 is 2. The Morgan fingerprint density at radius 3 is 1.82 bits per heavy atom. The molecular weight excluding hydrogens is 1030 g/mol. The van der Waals surface area contributed by atoms with Crippen LogP contribution >= 0.6 is 0 Å². The van der Waals surface area contributed by atoms with Gasteiger partial charge in [-0.05, 0) is 96.3 Å². The van der Waals surface area contributed by atoms with Gasteiger partial charge in [0.25, 0.3) is 5.56 Å². The lowest BCUT2D eigenvalue weighted by Gasteiger charge is -2.40. The molecule has 4 aromatic carbocycles. The Balaban J connectivity index is 1.10. The molecule has 2 saturated heterocycles. The van der Waals surface area contributed by atoms with Crippen molar-refractivity contribution in [1.29, 1.82) is 0 Å². The molecule has 0 aliphatic carbocycles. The Labute approximate surface area is 457 Å². The van der Waals surface area contributed by atoms with Crippen molar-refractivity contribution in [3.05, 3.63) is 162 Å². The minimum atomic E-state index is -2.28. The number of carbonyl (C=O) groups excluding carboxylic acids is 1. The zero-order valence-corrected chi connectivity index (χ0v) is 49.4. The molecule has 0 amide bonds. The molecule has 0 radical (unpaired) electrons. The van der Waals surface area contributed by atoms with Crippen LogP contribution in [0, 0.1) is 17.0 Å². The van der Waals surface area contributed by atoms with Crippen LogP contribution in [0.1, 0.15) is 102 Å². The Kier molecular flexibility index (Phi) is 16.7. The SMILES string of the molecule is COc1ccc(C(OC[C@H]2O[C@@H](n3cc(C)c(=O)n(Cc4ccc5c(ncn5[C@H]5C[C@H](O[Si](C)(C)C(C)(C)C)[C@@H](CO[Si](C)(C)C(C)(C)C)O5)c4[N+](=O)[O-])c3=O)C[C@@H]2OC(C)=O)(c2ccccc2)c2ccc(OC)cc2)cc1. The highest BCUT2D eigenvalue weighted by molar-refractivity contribution is 6.74. The lowest BCUT2D eigenvalue weighted by Crippen LogP contribution is -2.48. The second-order valence-electron chi connectivity index (χ2n) is 23.4. The number of imidazole rings is 1. The van der Waals surface area contributed by atoms with Crippen LogP contribution in [0.4, 0.5) is 5.69 Å². The quantitative estimate of drug-likeness (QED) is 0.0244. The summed E-state index contributed by atoms with van der Waals surface area (Å²) in [7, 11) is -1.27. The first-order valence-electron chi connectivity index (χ1n) is 26.4. The first kappa shape index (κ1) is 57.9. The Hall–Kier alpha value is -6.27. The van der Waals surface area contributed by atoms with Crippen molar-refractivity contribution in [2.24, 2.45) is 0 Å². The maximum atomic E-state index is 14.7. The van der Waals surface area contributed by atoms with E-state index in [1.54, 1.807) is 37.8 Å². The van der Waals surface area contributed by atoms with Gasteiger partial charge in [-0.3, -0.25) is 28.8 Å². The lowest BCUT2D eigenvalue weighted by molar-refractivity contribution is -0.384. The standard InChI is InChI=1S/C58H75N5O13Si2/c1-37-32-60(50-30-46(73-38(2)64)48(74-50)34-71-58(40-18-16-15-17-19-40,41-21-25-43(69-9)26-22-41)42-23-27-44(70-10)28-24-42)55(66)61(54(37)65)33-39-20-29-45-52(53(39)63(67)68)59-36-62(45)51-31-47(76-78(13,14)57(6,7)8)49(75-51)35-72-77(11,12)56(3,4)5/h15-29,32,36,46-51H,30-31,33-35H2,1-14H3/t46-,47-,48+,49+,50+,51+/m0/s1. The number of nitro groups is 1. The number of nitro benzene ring substituents is 1. The van der Waals surface area contributed by atoms with Gasteiger partial charge in [0.05, 0.1) is 62.4 Å². The first-order valence-corrected chi connectivity index (χ1v) is 32.2. The van der Waals surface area contributed by atoms with Gasteiger partial charge in [0.15, 0.2) is 22.2 Å². The van der Waals surface area contributed by atoms with Crippen LogP contribution in [0.25, 0.3) is 11.0 Å². The van der Waals surface area contributed by atoms with E-state index in [-0.39, 0.29) is 51.5 Å². The zero-order valence-electron chi connectivity index (χ0n) is 47.4. The normalized spacial score (nSPS) is 20.3. The highest BCUT2D eigenvalue weighted by atomic mass is 28.4. The molecular formula is C58H75N5O13Si2. The summed E-state index contributed by atoms with van der Waals surface area (Å²) in [5.74, 6) is 0.725. The topological polar surface area (TPSA) is 196 Å². The number of fused-ring (bicyclic) bond motifs is 1. The van der Waals surface area contributed by atoms with Crippen LogP contribution in [-0.4, -0.2) is 98.1 Å². The molecule has 4 heterocycles. The van der Waals surface area contributed by atoms with E-state index >= 15 is 0 Å². The maximum Gasteiger partial charge on any atom is 0.333 e. The maximum absolute atomic E-state index is 14.7. The number of esters is 1. The number of aromatic nitrogens is 4. The summed E-state index contributed by atoms with van der Waals surface area (Å²) in [6.07, 6.45) is -0.723. The number of aryl methyl sites for hydroxylation is 1. The summed E-state index contributed by atoms with van der Waals surface area (Å²) in [4.78, 5) is 58.7. The summed E-state index contributed by atoms with van der Waals surface area (Å²) in [6.45, 7) is 24.6. The number of carbonyl (C=O) groups is 1. The highest BCUT2D eigenvalue weighted by Gasteiger charge is 2.48.